The van der Waals surface area contributed by atoms with E-state index in [1.165, 1.54) is 0 Å². The van der Waals surface area contributed by atoms with E-state index in [0.717, 1.165) is 5.69 Å². The first-order valence-corrected chi connectivity index (χ1v) is 23.1. The van der Waals surface area contributed by atoms with Crippen molar-refractivity contribution < 1.29 is 57.1 Å². The summed E-state index contributed by atoms with van der Waals surface area (Å²) in [6.45, 7) is 8.40. The molecule has 1 fully saturated rings. The van der Waals surface area contributed by atoms with Crippen LogP contribution in [0.3, 0.4) is 0 Å². The summed E-state index contributed by atoms with van der Waals surface area (Å²) in [5.74, 6) is -0.354. The van der Waals surface area contributed by atoms with Crippen LogP contribution in [0, 0.1) is 0 Å². The summed E-state index contributed by atoms with van der Waals surface area (Å²) in [6.07, 6.45) is 0.821. The summed E-state index contributed by atoms with van der Waals surface area (Å²) in [5, 5.41) is 23.5. The fourth-order valence-electron chi connectivity index (χ4n) is 7.19. The van der Waals surface area contributed by atoms with Gasteiger partial charge in [0.05, 0.1) is 102 Å². The number of hydrogen-bond donors (Lipinski definition) is 7. The molecule has 21 heteroatoms. The van der Waals surface area contributed by atoms with Crippen molar-refractivity contribution in [2.24, 2.45) is 0 Å². The van der Waals surface area contributed by atoms with Crippen molar-refractivity contribution in [3.05, 3.63) is 83.4 Å². The Morgan fingerprint density at radius 1 is 0.754 bits per heavy atom. The van der Waals surface area contributed by atoms with Crippen LogP contribution in [0.5, 0.6) is 5.75 Å². The lowest BCUT2D eigenvalue weighted by Crippen LogP contribution is -2.49. The molecule has 6 rings (SSSR count). The van der Waals surface area contributed by atoms with Crippen LogP contribution in [0.2, 0.25) is 0 Å². The molecule has 0 saturated carbocycles. The second-order valence-corrected chi connectivity index (χ2v) is 15.9. The van der Waals surface area contributed by atoms with E-state index in [9.17, 15) is 24.0 Å². The molecule has 3 aromatic carbocycles. The number of H-pyrrole nitrogens is 1. The van der Waals surface area contributed by atoms with Crippen molar-refractivity contribution in [3.8, 4) is 28.3 Å². The van der Waals surface area contributed by atoms with Gasteiger partial charge in [-0.05, 0) is 67.9 Å². The zero-order valence-electron chi connectivity index (χ0n) is 39.2. The van der Waals surface area contributed by atoms with Gasteiger partial charge < -0.3 is 59.7 Å². The molecular formula is C48H63N9O12. The van der Waals surface area contributed by atoms with Crippen LogP contribution in [-0.4, -0.2) is 170 Å². The van der Waals surface area contributed by atoms with Crippen LogP contribution >= 0.6 is 0 Å². The Hall–Kier alpha value is -6.46. The van der Waals surface area contributed by atoms with Crippen LogP contribution < -0.4 is 36.7 Å². The number of aromatic nitrogens is 2. The summed E-state index contributed by atoms with van der Waals surface area (Å²) < 4.78 is 38.6. The third-order valence-electron chi connectivity index (χ3n) is 10.8. The van der Waals surface area contributed by atoms with E-state index in [0.29, 0.717) is 169 Å². The third-order valence-corrected chi connectivity index (χ3v) is 10.8. The van der Waals surface area contributed by atoms with E-state index in [1.54, 1.807) is 59.6 Å². The van der Waals surface area contributed by atoms with Gasteiger partial charge in [0.15, 0.2) is 12.4 Å². The summed E-state index contributed by atoms with van der Waals surface area (Å²) in [7, 11) is 1.82. The second-order valence-electron chi connectivity index (χ2n) is 15.9. The zero-order valence-corrected chi connectivity index (χ0v) is 39.2. The van der Waals surface area contributed by atoms with E-state index in [1.807, 2.05) is 26.1 Å². The molecule has 5 amide bonds. The number of anilines is 2. The number of carbonyl (C=O) groups is 5. The van der Waals surface area contributed by atoms with E-state index in [2.05, 4.69) is 42.2 Å². The molecule has 0 radical (unpaired) electrons. The van der Waals surface area contributed by atoms with Crippen molar-refractivity contribution in [1.82, 2.24) is 36.6 Å². The van der Waals surface area contributed by atoms with Gasteiger partial charge in [0, 0.05) is 68.1 Å². The van der Waals surface area contributed by atoms with E-state index in [-0.39, 0.29) is 36.2 Å². The number of amides is 5. The number of nitrogens with one attached hydrogen (secondary N) is 7. The maximum atomic E-state index is 13.7. The molecule has 2 aliphatic rings. The second kappa shape index (κ2) is 28.1. The topological polar surface area (TPSA) is 254 Å². The van der Waals surface area contributed by atoms with E-state index >= 15 is 0 Å². The predicted octanol–water partition coefficient (Wildman–Crippen LogP) is 2.99. The fraction of sp³-hybridized carbons (Fsp3) is 0.458. The lowest BCUT2D eigenvalue weighted by molar-refractivity contribution is -0.123. The Morgan fingerprint density at radius 2 is 1.36 bits per heavy atom. The number of fused-ring (bicyclic) bond motifs is 3. The molecule has 1 aliphatic carbocycles. The highest BCUT2D eigenvalue weighted by atomic mass is 16.6. The first-order valence-electron chi connectivity index (χ1n) is 23.1. The van der Waals surface area contributed by atoms with Gasteiger partial charge in [-0.15, -0.1) is 0 Å². The SMILES string of the molecule is CNc1ccc(C(=O)N[C@@H](C)CCC(=O)NCCOCCOCCOCCOCCOCCNC(=O)COc2ccc(-c3[nH]nc4c3C(=O)c3c(NC(=O)NN5CCOCC5)cccc3-4)cc2)cc1. The highest BCUT2D eigenvalue weighted by Crippen LogP contribution is 2.43. The van der Waals surface area contributed by atoms with Crippen molar-refractivity contribution in [1.29, 1.82) is 0 Å². The van der Waals surface area contributed by atoms with Crippen molar-refractivity contribution in [2.45, 2.75) is 25.8 Å². The number of carbonyl (C=O) groups excluding carboxylic acids is 5. The average molecular weight is 958 g/mol. The molecule has 69 heavy (non-hydrogen) atoms. The molecule has 7 N–H and O–H groups in total. The fourth-order valence-corrected chi connectivity index (χ4v) is 7.19. The highest BCUT2D eigenvalue weighted by Gasteiger charge is 2.35. The molecule has 2 heterocycles. The zero-order chi connectivity index (χ0) is 48.6. The molecule has 4 aromatic rings. The maximum absolute atomic E-state index is 13.7. The van der Waals surface area contributed by atoms with Gasteiger partial charge in [0.2, 0.25) is 5.91 Å². The number of morpholine rings is 1. The first kappa shape index (κ1) is 51.9. The van der Waals surface area contributed by atoms with Crippen LogP contribution in [0.25, 0.3) is 22.5 Å². The Bertz CT molecular complexity index is 2270. The van der Waals surface area contributed by atoms with Gasteiger partial charge in [0.1, 0.15) is 11.4 Å². The molecule has 1 aromatic heterocycles. The maximum Gasteiger partial charge on any atom is 0.333 e. The molecule has 0 bridgehead atoms. The lowest BCUT2D eigenvalue weighted by Gasteiger charge is -2.27. The minimum atomic E-state index is -0.447. The number of hydrogen-bond acceptors (Lipinski definition) is 15. The van der Waals surface area contributed by atoms with Gasteiger partial charge in [-0.25, -0.2) is 9.80 Å². The van der Waals surface area contributed by atoms with Crippen LogP contribution in [0.1, 0.15) is 46.0 Å². The number of aromatic amines is 1. The number of ether oxygens (including phenoxy) is 7. The molecule has 21 nitrogen and oxygen atoms in total. The Morgan fingerprint density at radius 3 is 1.99 bits per heavy atom. The summed E-state index contributed by atoms with van der Waals surface area (Å²) in [6, 6.07) is 18.8. The number of urea groups is 1. The van der Waals surface area contributed by atoms with Crippen LogP contribution in [0.15, 0.2) is 66.7 Å². The summed E-state index contributed by atoms with van der Waals surface area (Å²) in [5.41, 5.74) is 7.84. The summed E-state index contributed by atoms with van der Waals surface area (Å²) >= 11 is 0. The van der Waals surface area contributed by atoms with Crippen LogP contribution in [0.4, 0.5) is 16.2 Å². The normalized spacial score (nSPS) is 13.5. The smallest absolute Gasteiger partial charge is 0.333 e. The Labute approximate surface area is 400 Å². The number of hydrazine groups is 1. The minimum absolute atomic E-state index is 0.0990. The standard InChI is InChI=1S/C48H63N9O12/c1-33(52-47(61)35-7-11-36(49-2)12-8-35)6-15-40(58)50-16-20-63-24-26-66-28-30-68-31-29-67-27-25-64-21-17-51-41(59)32-69-37-13-9-34(10-14-37)44-43-45(55-54-44)38-4-3-5-39(42(38)46(43)60)53-48(62)56-57-18-22-65-23-19-57/h3-5,7-14,33,49H,6,15-32H2,1-2H3,(H,50,58)(H,51,59)(H,52,61)(H,54,55)(H2,53,56,62)/t33-/m0/s1. The number of nitrogens with zero attached hydrogens (tertiary/aromatic N) is 2. The number of rotatable bonds is 30. The minimum Gasteiger partial charge on any atom is -0.484 e. The van der Waals surface area contributed by atoms with Gasteiger partial charge in [-0.2, -0.15) is 5.10 Å². The quantitative estimate of drug-likeness (QED) is 0.0327. The largest absolute Gasteiger partial charge is 0.484 e. The van der Waals surface area contributed by atoms with Crippen molar-refractivity contribution in [3.63, 3.8) is 0 Å². The molecular weight excluding hydrogens is 895 g/mol. The molecule has 1 saturated heterocycles. The molecule has 1 atom stereocenters. The number of ketones is 1. The molecule has 372 valence electrons. The van der Waals surface area contributed by atoms with Crippen molar-refractivity contribution >= 4 is 40.9 Å². The monoisotopic (exact) mass is 957 g/mol. The van der Waals surface area contributed by atoms with Gasteiger partial charge in [-0.3, -0.25) is 29.7 Å². The lowest BCUT2D eigenvalue weighted by atomic mass is 10.0. The van der Waals surface area contributed by atoms with Gasteiger partial charge in [0.25, 0.3) is 11.8 Å². The average Bonchev–Trinajstić information content (AvgIpc) is 3.93. The number of benzene rings is 3. The van der Waals surface area contributed by atoms with E-state index < -0.39 is 6.03 Å². The molecule has 0 unspecified atom stereocenters. The Kier molecular flexibility index (Phi) is 21.2. The Balaban J connectivity index is 0.714. The van der Waals surface area contributed by atoms with Crippen molar-refractivity contribution in [2.75, 3.05) is 130 Å². The van der Waals surface area contributed by atoms with Gasteiger partial charge >= 0.3 is 6.03 Å². The third kappa shape index (κ3) is 16.6. The van der Waals surface area contributed by atoms with Gasteiger partial charge in [-0.1, -0.05) is 12.1 Å². The highest BCUT2D eigenvalue weighted by molar-refractivity contribution is 6.27. The predicted molar refractivity (Wildman–Crippen MR) is 255 cm³/mol. The molecule has 0 spiro atoms. The van der Waals surface area contributed by atoms with E-state index in [4.69, 9.17) is 33.2 Å². The molecule has 1 aliphatic heterocycles. The first-order chi connectivity index (χ1) is 33.7. The van der Waals surface area contributed by atoms with Crippen LogP contribution in [-0.2, 0) is 38.0 Å². The summed E-state index contributed by atoms with van der Waals surface area (Å²) in [4.78, 5) is 63.4.